The highest BCUT2D eigenvalue weighted by molar-refractivity contribution is 5.67. The highest BCUT2D eigenvalue weighted by atomic mass is 16.6. The van der Waals surface area contributed by atoms with E-state index in [0.717, 1.165) is 13.0 Å². The smallest absolute Gasteiger partial charge is 0.407 e. The molecule has 0 heterocycles. The second kappa shape index (κ2) is 10.1. The third-order valence-corrected chi connectivity index (χ3v) is 3.56. The van der Waals surface area contributed by atoms with Gasteiger partial charge in [-0.15, -0.1) is 0 Å². The van der Waals surface area contributed by atoms with Crippen molar-refractivity contribution in [2.75, 3.05) is 19.6 Å². The zero-order valence-corrected chi connectivity index (χ0v) is 15.5. The molecule has 0 radical (unpaired) electrons. The first-order valence-corrected chi connectivity index (χ1v) is 8.45. The average molecular weight is 316 g/mol. The molecule has 0 fully saturated rings. The van der Waals surface area contributed by atoms with Crippen LogP contribution in [0.1, 0.15) is 54.9 Å². The summed E-state index contributed by atoms with van der Waals surface area (Å²) >= 11 is 0. The van der Waals surface area contributed by atoms with Crippen LogP contribution in [-0.2, 0) is 4.74 Å². The number of rotatable bonds is 9. The van der Waals surface area contributed by atoms with Crippen LogP contribution >= 0.6 is 0 Å². The molecule has 0 aliphatic carbocycles. The number of nitrogens with two attached hydrogens (primary N) is 1. The topological polar surface area (TPSA) is 76.4 Å². The fourth-order valence-electron chi connectivity index (χ4n) is 2.24. The van der Waals surface area contributed by atoms with Crippen molar-refractivity contribution in [2.45, 2.75) is 66.5 Å². The van der Waals surface area contributed by atoms with Gasteiger partial charge in [0.15, 0.2) is 0 Å². The molecule has 0 aromatic carbocycles. The third kappa shape index (κ3) is 10.9. The molecule has 22 heavy (non-hydrogen) atoms. The van der Waals surface area contributed by atoms with Crippen molar-refractivity contribution in [3.05, 3.63) is 0 Å². The SMILES string of the molecule is CC(C)CC(CNC(=O)OC(C)(C)C)NCC(CN)C(C)C. The summed E-state index contributed by atoms with van der Waals surface area (Å²) in [6.07, 6.45) is 0.646. The molecule has 0 rings (SSSR count). The molecule has 2 unspecified atom stereocenters. The van der Waals surface area contributed by atoms with Gasteiger partial charge in [0.2, 0.25) is 0 Å². The first kappa shape index (κ1) is 21.2. The van der Waals surface area contributed by atoms with Crippen LogP contribution in [0.5, 0.6) is 0 Å². The van der Waals surface area contributed by atoms with Crippen LogP contribution in [0.2, 0.25) is 0 Å². The summed E-state index contributed by atoms with van der Waals surface area (Å²) in [6, 6.07) is 0.236. The van der Waals surface area contributed by atoms with E-state index in [9.17, 15) is 4.79 Å². The number of hydrogen-bond donors (Lipinski definition) is 3. The molecular formula is C17H37N3O2. The van der Waals surface area contributed by atoms with Crippen LogP contribution < -0.4 is 16.4 Å². The van der Waals surface area contributed by atoms with Crippen LogP contribution in [0.4, 0.5) is 4.79 Å². The lowest BCUT2D eigenvalue weighted by Gasteiger charge is -2.26. The number of carbonyl (C=O) groups is 1. The average Bonchev–Trinajstić information content (AvgIpc) is 2.33. The monoisotopic (exact) mass is 315 g/mol. The summed E-state index contributed by atoms with van der Waals surface area (Å²) in [7, 11) is 0. The van der Waals surface area contributed by atoms with Gasteiger partial charge in [0.1, 0.15) is 5.60 Å². The fraction of sp³-hybridized carbons (Fsp3) is 0.941. The summed E-state index contributed by atoms with van der Waals surface area (Å²) < 4.78 is 5.28. The van der Waals surface area contributed by atoms with E-state index in [1.54, 1.807) is 0 Å². The Balaban J connectivity index is 4.37. The summed E-state index contributed by atoms with van der Waals surface area (Å²) in [5.74, 6) is 1.57. The number of nitrogens with one attached hydrogen (secondary N) is 2. The van der Waals surface area contributed by atoms with Crippen molar-refractivity contribution >= 4 is 6.09 Å². The van der Waals surface area contributed by atoms with Crippen LogP contribution in [-0.4, -0.2) is 37.4 Å². The number of hydrogen-bond acceptors (Lipinski definition) is 4. The normalized spacial score (nSPS) is 15.0. The molecule has 1 amide bonds. The summed E-state index contributed by atoms with van der Waals surface area (Å²) in [4.78, 5) is 11.8. The molecule has 0 aliphatic rings. The lowest BCUT2D eigenvalue weighted by molar-refractivity contribution is 0.0520. The van der Waals surface area contributed by atoms with Gasteiger partial charge >= 0.3 is 6.09 Å². The number of carbonyl (C=O) groups excluding carboxylic acids is 1. The molecule has 5 nitrogen and oxygen atoms in total. The largest absolute Gasteiger partial charge is 0.444 e. The van der Waals surface area contributed by atoms with Crippen molar-refractivity contribution < 1.29 is 9.53 Å². The van der Waals surface area contributed by atoms with Crippen LogP contribution in [0.25, 0.3) is 0 Å². The molecular weight excluding hydrogens is 278 g/mol. The van der Waals surface area contributed by atoms with Crippen molar-refractivity contribution in [3.63, 3.8) is 0 Å². The maximum atomic E-state index is 11.8. The van der Waals surface area contributed by atoms with Crippen molar-refractivity contribution in [1.82, 2.24) is 10.6 Å². The predicted molar refractivity (Wildman–Crippen MR) is 92.9 cm³/mol. The standard InChI is InChI=1S/C17H37N3O2/c1-12(2)8-15(19-10-14(9-18)13(3)4)11-20-16(21)22-17(5,6)7/h12-15,19H,8-11,18H2,1-7H3,(H,20,21). The van der Waals surface area contributed by atoms with Gasteiger partial charge in [-0.3, -0.25) is 0 Å². The van der Waals surface area contributed by atoms with Gasteiger partial charge in [0, 0.05) is 12.6 Å². The summed E-state index contributed by atoms with van der Waals surface area (Å²) in [6.45, 7) is 16.5. The first-order chi connectivity index (χ1) is 10.0. The molecule has 0 saturated heterocycles. The van der Waals surface area contributed by atoms with E-state index in [2.05, 4.69) is 38.3 Å². The van der Waals surface area contributed by atoms with E-state index in [1.165, 1.54) is 0 Å². The minimum absolute atomic E-state index is 0.236. The number of amides is 1. The molecule has 132 valence electrons. The molecule has 0 bridgehead atoms. The summed E-state index contributed by atoms with van der Waals surface area (Å²) in [5, 5.41) is 6.41. The lowest BCUT2D eigenvalue weighted by atomic mass is 9.95. The van der Waals surface area contributed by atoms with Crippen LogP contribution in [0.15, 0.2) is 0 Å². The minimum Gasteiger partial charge on any atom is -0.444 e. The Morgan fingerprint density at radius 3 is 2.14 bits per heavy atom. The van der Waals surface area contributed by atoms with Gasteiger partial charge in [-0.1, -0.05) is 27.7 Å². The number of ether oxygens (including phenoxy) is 1. The Bertz CT molecular complexity index is 312. The van der Waals surface area contributed by atoms with E-state index < -0.39 is 5.60 Å². The van der Waals surface area contributed by atoms with Gasteiger partial charge in [0.05, 0.1) is 0 Å². The van der Waals surface area contributed by atoms with Crippen molar-refractivity contribution in [3.8, 4) is 0 Å². The third-order valence-electron chi connectivity index (χ3n) is 3.56. The number of alkyl carbamates (subject to hydrolysis) is 1. The van der Waals surface area contributed by atoms with Gasteiger partial charge < -0.3 is 21.1 Å². The molecule has 0 spiro atoms. The van der Waals surface area contributed by atoms with Gasteiger partial charge in [-0.05, 0) is 58.0 Å². The first-order valence-electron chi connectivity index (χ1n) is 8.45. The molecule has 0 saturated carbocycles. The molecule has 2 atom stereocenters. The van der Waals surface area contributed by atoms with Crippen LogP contribution in [0.3, 0.4) is 0 Å². The summed E-state index contributed by atoms with van der Waals surface area (Å²) in [5.41, 5.74) is 5.36. The Kier molecular flexibility index (Phi) is 9.69. The Morgan fingerprint density at radius 1 is 1.14 bits per heavy atom. The van der Waals surface area contributed by atoms with E-state index in [4.69, 9.17) is 10.5 Å². The predicted octanol–water partition coefficient (Wildman–Crippen LogP) is 2.75. The second-order valence-electron chi connectivity index (χ2n) is 7.86. The zero-order valence-electron chi connectivity index (χ0n) is 15.5. The highest BCUT2D eigenvalue weighted by Gasteiger charge is 2.19. The fourth-order valence-corrected chi connectivity index (χ4v) is 2.24. The van der Waals surface area contributed by atoms with Crippen LogP contribution in [0, 0.1) is 17.8 Å². The van der Waals surface area contributed by atoms with Gasteiger partial charge in [-0.25, -0.2) is 4.79 Å². The molecule has 0 aliphatic heterocycles. The lowest BCUT2D eigenvalue weighted by Crippen LogP contribution is -2.46. The second-order valence-corrected chi connectivity index (χ2v) is 7.86. The Hall–Kier alpha value is -0.810. The van der Waals surface area contributed by atoms with Crippen molar-refractivity contribution in [2.24, 2.45) is 23.5 Å². The van der Waals surface area contributed by atoms with E-state index in [-0.39, 0.29) is 12.1 Å². The Labute approximate surface area is 136 Å². The van der Waals surface area contributed by atoms with E-state index >= 15 is 0 Å². The van der Waals surface area contributed by atoms with Crippen molar-refractivity contribution in [1.29, 1.82) is 0 Å². The quantitative estimate of drug-likeness (QED) is 0.611. The molecule has 0 aromatic heterocycles. The highest BCUT2D eigenvalue weighted by Crippen LogP contribution is 2.10. The molecule has 0 aromatic rings. The van der Waals surface area contributed by atoms with E-state index in [1.807, 2.05) is 20.8 Å². The maximum Gasteiger partial charge on any atom is 0.407 e. The zero-order chi connectivity index (χ0) is 17.3. The minimum atomic E-state index is -0.465. The molecule has 4 N–H and O–H groups in total. The maximum absolute atomic E-state index is 11.8. The van der Waals surface area contributed by atoms with Gasteiger partial charge in [0.25, 0.3) is 0 Å². The van der Waals surface area contributed by atoms with E-state index in [0.29, 0.717) is 30.8 Å². The molecule has 5 heteroatoms. The Morgan fingerprint density at radius 2 is 1.73 bits per heavy atom. The van der Waals surface area contributed by atoms with Gasteiger partial charge in [-0.2, -0.15) is 0 Å².